The lowest BCUT2D eigenvalue weighted by atomic mass is 9.57. The lowest BCUT2D eigenvalue weighted by Crippen LogP contribution is -2.62. The van der Waals surface area contributed by atoms with Gasteiger partial charge >= 0.3 is 0 Å². The van der Waals surface area contributed by atoms with Gasteiger partial charge in [-0.2, -0.15) is 0 Å². The quantitative estimate of drug-likeness (QED) is 0.225. The summed E-state index contributed by atoms with van der Waals surface area (Å²) in [6.07, 6.45) is 0.145. The fourth-order valence-corrected chi connectivity index (χ4v) is 7.01. The number of Topliss-reactive ketones (excluding diaryl/α,β-unsaturated/α-hetero) is 2. The summed E-state index contributed by atoms with van der Waals surface area (Å²) in [5.74, 6) is -6.14. The Morgan fingerprint density at radius 3 is 2.38 bits per heavy atom. The van der Waals surface area contributed by atoms with Crippen LogP contribution in [0.15, 0.2) is 50.5 Å². The number of anilines is 1. The summed E-state index contributed by atoms with van der Waals surface area (Å²) in [6, 6.07) is 4.10. The smallest absolute Gasteiger partial charge is 0.255 e. The lowest BCUT2D eigenvalue weighted by molar-refractivity contribution is -0.129. The molecule has 0 fully saturated rings. The first-order valence-corrected chi connectivity index (χ1v) is 14.6. The van der Waals surface area contributed by atoms with Gasteiger partial charge < -0.3 is 35.7 Å². The number of nitrogens with two attached hydrogens (primary N) is 1. The molecule has 45 heavy (non-hydrogen) atoms. The number of rotatable bonds is 7. The third-order valence-corrected chi connectivity index (χ3v) is 9.04. The number of primary amides is 1. The van der Waals surface area contributed by atoms with Crippen molar-refractivity contribution >= 4 is 23.2 Å². The van der Waals surface area contributed by atoms with Crippen molar-refractivity contribution in [3.05, 3.63) is 62.7 Å². The first kappa shape index (κ1) is 31.9. The Bertz CT molecular complexity index is 1700. The molecule has 1 amide bonds. The molecular formula is C32H39N5O8. The highest BCUT2D eigenvalue weighted by atomic mass is 16.3. The average molecular weight is 622 g/mol. The highest BCUT2D eigenvalue weighted by Gasteiger charge is 2.65. The van der Waals surface area contributed by atoms with Gasteiger partial charge in [-0.3, -0.25) is 19.3 Å². The van der Waals surface area contributed by atoms with E-state index in [2.05, 4.69) is 10.5 Å². The van der Waals surface area contributed by atoms with Crippen LogP contribution in [0, 0.1) is 16.7 Å². The van der Waals surface area contributed by atoms with E-state index in [1.54, 1.807) is 51.3 Å². The van der Waals surface area contributed by atoms with Crippen molar-refractivity contribution < 1.29 is 34.1 Å². The van der Waals surface area contributed by atoms with Crippen LogP contribution in [0.5, 0.6) is 5.75 Å². The fourth-order valence-electron chi connectivity index (χ4n) is 7.01. The molecule has 0 saturated carbocycles. The number of hydrogen-bond donors (Lipinski definition) is 5. The van der Waals surface area contributed by atoms with E-state index in [4.69, 9.17) is 10.2 Å². The maximum Gasteiger partial charge on any atom is 0.255 e. The molecule has 0 bridgehead atoms. The molecule has 6 N–H and O–H groups in total. The Labute approximate surface area is 260 Å². The molecule has 0 spiro atoms. The van der Waals surface area contributed by atoms with E-state index in [-0.39, 0.29) is 40.8 Å². The number of aliphatic hydroxyl groups excluding tert-OH is 2. The molecule has 4 atom stereocenters. The van der Waals surface area contributed by atoms with E-state index in [1.165, 1.54) is 4.90 Å². The number of nitrogens with one attached hydrogen (secondary N) is 1. The number of fused-ring (bicyclic) bond motifs is 3. The number of nitrogens with zero attached hydrogens (tertiary/aromatic N) is 3. The SMILES string of the molecule is CN(C)c1cc(-c2ccc(CNC(C)(C)C)o2)c(O)c2c1C[C@H]1C[C@H]3C(N(C)C)C(O)=C(C(N)=O)C(=O)[C@@]3(N=O)C(O)=C1C2=O. The Balaban J connectivity index is 1.70. The van der Waals surface area contributed by atoms with Crippen molar-refractivity contribution in [3.63, 3.8) is 0 Å². The zero-order chi connectivity index (χ0) is 33.3. The van der Waals surface area contributed by atoms with Crippen LogP contribution in [0.3, 0.4) is 0 Å². The monoisotopic (exact) mass is 621 g/mol. The molecular weight excluding hydrogens is 582 g/mol. The van der Waals surface area contributed by atoms with E-state index in [0.717, 1.165) is 0 Å². The van der Waals surface area contributed by atoms with Crippen LogP contribution >= 0.6 is 0 Å². The number of hydrogen-bond acceptors (Lipinski definition) is 12. The molecule has 0 saturated heterocycles. The molecule has 1 aromatic heterocycles. The number of phenolic OH excluding ortho intramolecular Hbond substituents is 1. The van der Waals surface area contributed by atoms with Crippen LogP contribution in [0.4, 0.5) is 5.69 Å². The number of benzene rings is 1. The summed E-state index contributed by atoms with van der Waals surface area (Å²) in [6.45, 7) is 6.49. The number of carbonyl (C=O) groups excluding carboxylic acids is 3. The van der Waals surface area contributed by atoms with Gasteiger partial charge in [0.2, 0.25) is 11.3 Å². The highest BCUT2D eigenvalue weighted by Crippen LogP contribution is 2.55. The van der Waals surface area contributed by atoms with Crippen LogP contribution in [-0.2, 0) is 22.6 Å². The van der Waals surface area contributed by atoms with Crippen molar-refractivity contribution in [2.75, 3.05) is 33.1 Å². The zero-order valence-corrected chi connectivity index (χ0v) is 26.4. The minimum atomic E-state index is -2.59. The number of aliphatic hydroxyl groups is 2. The normalized spacial score (nSPS) is 24.8. The Hall–Kier alpha value is -4.49. The van der Waals surface area contributed by atoms with Gasteiger partial charge in [-0.25, -0.2) is 0 Å². The van der Waals surface area contributed by atoms with E-state index in [9.17, 15) is 34.6 Å². The van der Waals surface area contributed by atoms with Gasteiger partial charge in [-0.15, -0.1) is 4.91 Å². The Morgan fingerprint density at radius 1 is 1.16 bits per heavy atom. The van der Waals surface area contributed by atoms with Gasteiger partial charge in [0.15, 0.2) is 5.78 Å². The number of aromatic hydroxyl groups is 1. The Morgan fingerprint density at radius 2 is 1.82 bits per heavy atom. The van der Waals surface area contributed by atoms with E-state index in [0.29, 0.717) is 29.3 Å². The topological polar surface area (TPSA) is 199 Å². The van der Waals surface area contributed by atoms with Crippen molar-refractivity contribution in [2.45, 2.75) is 57.3 Å². The minimum Gasteiger partial charge on any atom is -0.510 e. The Kier molecular flexibility index (Phi) is 7.69. The molecule has 0 aliphatic heterocycles. The summed E-state index contributed by atoms with van der Waals surface area (Å²) < 4.78 is 6.04. The molecule has 0 radical (unpaired) electrons. The van der Waals surface area contributed by atoms with Crippen molar-refractivity contribution in [1.82, 2.24) is 10.2 Å². The summed E-state index contributed by atoms with van der Waals surface area (Å²) in [5.41, 5.74) is 2.88. The number of phenols is 1. The predicted octanol–water partition coefficient (Wildman–Crippen LogP) is 3.11. The number of likely N-dealkylation sites (N-methyl/N-ethyl adjacent to an activating group) is 1. The van der Waals surface area contributed by atoms with Crippen molar-refractivity contribution in [3.8, 4) is 17.1 Å². The number of furan rings is 1. The van der Waals surface area contributed by atoms with Gasteiger partial charge in [-0.05, 0) is 82.6 Å². The van der Waals surface area contributed by atoms with Crippen molar-refractivity contribution in [2.24, 2.45) is 22.7 Å². The van der Waals surface area contributed by atoms with Crippen LogP contribution in [0.1, 0.15) is 48.9 Å². The third kappa shape index (κ3) is 4.81. The molecule has 5 rings (SSSR count). The average Bonchev–Trinajstić information content (AvgIpc) is 3.40. The number of carbonyl (C=O) groups is 3. The van der Waals surface area contributed by atoms with Crippen molar-refractivity contribution in [1.29, 1.82) is 0 Å². The molecule has 13 nitrogen and oxygen atoms in total. The van der Waals surface area contributed by atoms with Crippen LogP contribution in [0.25, 0.3) is 11.3 Å². The van der Waals surface area contributed by atoms with Crippen LogP contribution < -0.4 is 16.0 Å². The predicted molar refractivity (Wildman–Crippen MR) is 166 cm³/mol. The second-order valence-electron chi connectivity index (χ2n) is 13.5. The first-order valence-electron chi connectivity index (χ1n) is 14.6. The van der Waals surface area contributed by atoms with E-state index in [1.807, 2.05) is 20.8 Å². The zero-order valence-electron chi connectivity index (χ0n) is 26.4. The number of amides is 1. The van der Waals surface area contributed by atoms with Crippen LogP contribution in [0.2, 0.25) is 0 Å². The molecule has 1 heterocycles. The molecule has 2 aromatic rings. The number of allylic oxidation sites excluding steroid dienone is 1. The summed E-state index contributed by atoms with van der Waals surface area (Å²) in [5, 5.41) is 40.8. The largest absolute Gasteiger partial charge is 0.510 e. The van der Waals surface area contributed by atoms with Gasteiger partial charge in [-0.1, -0.05) is 0 Å². The highest BCUT2D eigenvalue weighted by molar-refractivity contribution is 6.25. The van der Waals surface area contributed by atoms with Gasteiger partial charge in [0.1, 0.15) is 34.4 Å². The fraction of sp³-hybridized carbons (Fsp3) is 0.469. The molecule has 3 aliphatic rings. The second kappa shape index (κ2) is 10.8. The van der Waals surface area contributed by atoms with Gasteiger partial charge in [0.05, 0.1) is 23.7 Å². The van der Waals surface area contributed by atoms with E-state index < -0.39 is 58.0 Å². The maximum absolute atomic E-state index is 14.3. The summed E-state index contributed by atoms with van der Waals surface area (Å²) >= 11 is 0. The number of ketones is 2. The lowest BCUT2D eigenvalue weighted by Gasteiger charge is -2.49. The second-order valence-corrected chi connectivity index (χ2v) is 13.5. The minimum absolute atomic E-state index is 0.0152. The summed E-state index contributed by atoms with van der Waals surface area (Å²) in [7, 11) is 6.74. The standard InChI is InChI=1S/C32H39N5O8/c1-31(2,3)34-13-15-8-9-20(45-15)17-12-19(36(4)5)16-10-14-11-18-24(37(6)7)27(40)23(30(33)43)29(42)32(18,35-44)28(41)21(14)26(39)22(16)25(17)38/h8-9,12,14,18,24,34,38,40-41H,10-11,13H2,1-7H3,(H2,33,43)/t14-,18-,24?,32-/m0/s1. The molecule has 1 aromatic carbocycles. The van der Waals surface area contributed by atoms with E-state index >= 15 is 0 Å². The van der Waals surface area contributed by atoms with Crippen LogP contribution in [-0.4, -0.2) is 83.0 Å². The number of nitroso groups, excluding NO2 is 1. The molecule has 3 aliphatic carbocycles. The third-order valence-electron chi connectivity index (χ3n) is 9.04. The van der Waals surface area contributed by atoms with Gasteiger partial charge in [0, 0.05) is 36.8 Å². The molecule has 240 valence electrons. The first-order chi connectivity index (χ1) is 21.0. The molecule has 1 unspecified atom stereocenters. The molecule has 13 heteroatoms. The maximum atomic E-state index is 14.3. The van der Waals surface area contributed by atoms with Gasteiger partial charge in [0.25, 0.3) is 5.91 Å². The summed E-state index contributed by atoms with van der Waals surface area (Å²) in [4.78, 5) is 56.3.